The summed E-state index contributed by atoms with van der Waals surface area (Å²) in [4.78, 5) is 4.64. The van der Waals surface area contributed by atoms with Crippen LogP contribution in [0.15, 0.2) is 30.3 Å². The molecule has 0 bridgehead atoms. The standard InChI is InChI=1S/C19H26N4O/c1-14(2)19-21-18-11-10-16(13-23(18)22-19)20-12-6-8-15-7-4-5-9-17(15)24-3/h4-9,14,16,20H,10-13H2,1-3H3/b8-6+/t16-/m0/s1. The maximum Gasteiger partial charge on any atom is 0.153 e. The van der Waals surface area contributed by atoms with Crippen molar-refractivity contribution in [3.63, 3.8) is 0 Å². The lowest BCUT2D eigenvalue weighted by molar-refractivity contribution is 0.369. The van der Waals surface area contributed by atoms with E-state index in [1.54, 1.807) is 7.11 Å². The number of nitrogens with one attached hydrogen (secondary N) is 1. The van der Waals surface area contributed by atoms with Gasteiger partial charge in [0.05, 0.1) is 13.7 Å². The zero-order valence-electron chi connectivity index (χ0n) is 14.7. The van der Waals surface area contributed by atoms with E-state index in [2.05, 4.69) is 52.1 Å². The summed E-state index contributed by atoms with van der Waals surface area (Å²) in [5, 5.41) is 8.22. The normalized spacial score (nSPS) is 17.4. The summed E-state index contributed by atoms with van der Waals surface area (Å²) >= 11 is 0. The summed E-state index contributed by atoms with van der Waals surface area (Å²) in [5.41, 5.74) is 1.10. The molecule has 2 heterocycles. The molecule has 1 aliphatic rings. The summed E-state index contributed by atoms with van der Waals surface area (Å²) in [6.07, 6.45) is 6.35. The average molecular weight is 326 g/mol. The molecule has 1 aromatic heterocycles. The van der Waals surface area contributed by atoms with E-state index in [1.165, 1.54) is 0 Å². The minimum atomic E-state index is 0.387. The van der Waals surface area contributed by atoms with Gasteiger partial charge in [0.2, 0.25) is 0 Å². The van der Waals surface area contributed by atoms with Crippen LogP contribution in [0, 0.1) is 0 Å². The first kappa shape index (κ1) is 16.7. The van der Waals surface area contributed by atoms with Crippen molar-refractivity contribution in [2.75, 3.05) is 13.7 Å². The minimum absolute atomic E-state index is 0.387. The van der Waals surface area contributed by atoms with E-state index in [-0.39, 0.29) is 0 Å². The molecule has 0 radical (unpaired) electrons. The average Bonchev–Trinajstić information content (AvgIpc) is 3.02. The zero-order chi connectivity index (χ0) is 16.9. The predicted octanol–water partition coefficient (Wildman–Crippen LogP) is 3.03. The van der Waals surface area contributed by atoms with Gasteiger partial charge >= 0.3 is 0 Å². The molecule has 0 aliphatic carbocycles. The lowest BCUT2D eigenvalue weighted by atomic mass is 10.1. The van der Waals surface area contributed by atoms with Crippen LogP contribution in [0.3, 0.4) is 0 Å². The monoisotopic (exact) mass is 326 g/mol. The van der Waals surface area contributed by atoms with Gasteiger partial charge in [-0.3, -0.25) is 0 Å². The maximum absolute atomic E-state index is 5.36. The molecule has 0 fully saturated rings. The quantitative estimate of drug-likeness (QED) is 0.886. The molecule has 24 heavy (non-hydrogen) atoms. The molecule has 3 rings (SSSR count). The van der Waals surface area contributed by atoms with E-state index in [0.29, 0.717) is 12.0 Å². The van der Waals surface area contributed by atoms with Crippen molar-refractivity contribution in [2.45, 2.75) is 45.2 Å². The second-order valence-corrected chi connectivity index (χ2v) is 6.51. The molecule has 1 atom stereocenters. The second-order valence-electron chi connectivity index (χ2n) is 6.51. The van der Waals surface area contributed by atoms with Crippen molar-refractivity contribution in [2.24, 2.45) is 0 Å². The van der Waals surface area contributed by atoms with Crippen molar-refractivity contribution >= 4 is 6.08 Å². The highest BCUT2D eigenvalue weighted by Gasteiger charge is 2.21. The van der Waals surface area contributed by atoms with E-state index in [4.69, 9.17) is 4.74 Å². The van der Waals surface area contributed by atoms with Gasteiger partial charge in [-0.1, -0.05) is 44.2 Å². The van der Waals surface area contributed by atoms with Gasteiger partial charge in [0.15, 0.2) is 5.82 Å². The van der Waals surface area contributed by atoms with Crippen molar-refractivity contribution in [3.05, 3.63) is 47.6 Å². The maximum atomic E-state index is 5.36. The zero-order valence-corrected chi connectivity index (χ0v) is 14.7. The van der Waals surface area contributed by atoms with Crippen molar-refractivity contribution in [1.29, 1.82) is 0 Å². The Bertz CT molecular complexity index is 705. The first-order chi connectivity index (χ1) is 11.7. The molecular weight excluding hydrogens is 300 g/mol. The Morgan fingerprint density at radius 1 is 1.38 bits per heavy atom. The third-order valence-corrected chi connectivity index (χ3v) is 4.35. The Balaban J connectivity index is 1.53. The van der Waals surface area contributed by atoms with Gasteiger partial charge in [0, 0.05) is 30.5 Å². The molecule has 0 amide bonds. The van der Waals surface area contributed by atoms with Gasteiger partial charge in [-0.2, -0.15) is 5.10 Å². The molecule has 0 unspecified atom stereocenters. The van der Waals surface area contributed by atoms with Crippen LogP contribution in [0.2, 0.25) is 0 Å². The molecule has 1 N–H and O–H groups in total. The first-order valence-corrected chi connectivity index (χ1v) is 8.64. The van der Waals surface area contributed by atoms with Gasteiger partial charge in [0.1, 0.15) is 11.6 Å². The number of aromatic nitrogens is 3. The van der Waals surface area contributed by atoms with E-state index in [0.717, 1.165) is 48.9 Å². The van der Waals surface area contributed by atoms with Crippen LogP contribution < -0.4 is 10.1 Å². The number of rotatable bonds is 6. The second kappa shape index (κ2) is 7.62. The third kappa shape index (κ3) is 3.85. The Kier molecular flexibility index (Phi) is 5.30. The van der Waals surface area contributed by atoms with E-state index < -0.39 is 0 Å². The number of para-hydroxylation sites is 1. The Labute approximate surface area is 143 Å². The van der Waals surface area contributed by atoms with Gasteiger partial charge in [0.25, 0.3) is 0 Å². The highest BCUT2D eigenvalue weighted by Crippen LogP contribution is 2.19. The largest absolute Gasteiger partial charge is 0.496 e. The molecule has 5 nitrogen and oxygen atoms in total. The minimum Gasteiger partial charge on any atom is -0.496 e. The number of hydrogen-bond acceptors (Lipinski definition) is 4. The highest BCUT2D eigenvalue weighted by atomic mass is 16.5. The lowest BCUT2D eigenvalue weighted by Gasteiger charge is -2.23. The Morgan fingerprint density at radius 3 is 3.00 bits per heavy atom. The fraction of sp³-hybridized carbons (Fsp3) is 0.474. The predicted molar refractivity (Wildman–Crippen MR) is 96.3 cm³/mol. The van der Waals surface area contributed by atoms with Crippen molar-refractivity contribution in [1.82, 2.24) is 20.1 Å². The van der Waals surface area contributed by atoms with Crippen LogP contribution in [0.1, 0.15) is 43.4 Å². The summed E-state index contributed by atoms with van der Waals surface area (Å²) in [6, 6.07) is 8.49. The van der Waals surface area contributed by atoms with Crippen molar-refractivity contribution in [3.8, 4) is 5.75 Å². The van der Waals surface area contributed by atoms with Crippen LogP contribution in [-0.2, 0) is 13.0 Å². The molecular formula is C19H26N4O. The summed E-state index contributed by atoms with van der Waals surface area (Å²) in [5.74, 6) is 3.38. The first-order valence-electron chi connectivity index (χ1n) is 8.64. The molecule has 128 valence electrons. The SMILES string of the molecule is COc1ccccc1/C=C/CN[C@H]1CCc2nc(C(C)C)nn2C1. The number of hydrogen-bond donors (Lipinski definition) is 1. The molecule has 0 saturated heterocycles. The molecule has 1 aliphatic heterocycles. The molecule has 0 saturated carbocycles. The third-order valence-electron chi connectivity index (χ3n) is 4.35. The van der Waals surface area contributed by atoms with E-state index in [1.807, 2.05) is 18.2 Å². The molecule has 5 heteroatoms. The number of aryl methyl sites for hydroxylation is 1. The van der Waals surface area contributed by atoms with Gasteiger partial charge in [-0.25, -0.2) is 9.67 Å². The number of ether oxygens (including phenoxy) is 1. The highest BCUT2D eigenvalue weighted by molar-refractivity contribution is 5.57. The van der Waals surface area contributed by atoms with Gasteiger partial charge < -0.3 is 10.1 Å². The van der Waals surface area contributed by atoms with Crippen LogP contribution in [0.5, 0.6) is 5.75 Å². The van der Waals surface area contributed by atoms with Crippen LogP contribution in [-0.4, -0.2) is 34.5 Å². The summed E-state index contributed by atoms with van der Waals surface area (Å²) in [6.45, 7) is 6.01. The summed E-state index contributed by atoms with van der Waals surface area (Å²) < 4.78 is 7.43. The van der Waals surface area contributed by atoms with Crippen LogP contribution >= 0.6 is 0 Å². The summed E-state index contributed by atoms with van der Waals surface area (Å²) in [7, 11) is 1.70. The number of methoxy groups -OCH3 is 1. The van der Waals surface area contributed by atoms with Crippen LogP contribution in [0.25, 0.3) is 6.08 Å². The lowest BCUT2D eigenvalue weighted by Crippen LogP contribution is -2.37. The molecule has 1 aromatic carbocycles. The Morgan fingerprint density at radius 2 is 2.21 bits per heavy atom. The molecule has 0 spiro atoms. The fourth-order valence-electron chi connectivity index (χ4n) is 2.96. The van der Waals surface area contributed by atoms with Crippen molar-refractivity contribution < 1.29 is 4.74 Å². The fourth-order valence-corrected chi connectivity index (χ4v) is 2.96. The smallest absolute Gasteiger partial charge is 0.153 e. The van der Waals surface area contributed by atoms with Crippen LogP contribution in [0.4, 0.5) is 0 Å². The van der Waals surface area contributed by atoms with E-state index >= 15 is 0 Å². The topological polar surface area (TPSA) is 52.0 Å². The number of nitrogens with zero attached hydrogens (tertiary/aromatic N) is 3. The van der Waals surface area contributed by atoms with Gasteiger partial charge in [-0.15, -0.1) is 0 Å². The van der Waals surface area contributed by atoms with Gasteiger partial charge in [-0.05, 0) is 12.5 Å². The molecule has 2 aromatic rings. The number of benzene rings is 1. The van der Waals surface area contributed by atoms with E-state index in [9.17, 15) is 0 Å². The number of fused-ring (bicyclic) bond motifs is 1. The Hall–Kier alpha value is -2.14.